The summed E-state index contributed by atoms with van der Waals surface area (Å²) in [6, 6.07) is 2.28. The largest absolute Gasteiger partial charge is 0.330 e. The maximum atomic E-state index is 6.12. The van der Waals surface area contributed by atoms with E-state index in [1.165, 1.54) is 10.4 Å². The summed E-state index contributed by atoms with van der Waals surface area (Å²) in [4.78, 5) is 1.31. The lowest BCUT2D eigenvalue weighted by Gasteiger charge is -2.18. The summed E-state index contributed by atoms with van der Waals surface area (Å²) in [7, 11) is 0. The first-order valence-corrected chi connectivity index (χ1v) is 5.54. The van der Waals surface area contributed by atoms with E-state index in [0.717, 1.165) is 13.0 Å². The van der Waals surface area contributed by atoms with Crippen LogP contribution in [-0.4, -0.2) is 6.54 Å². The van der Waals surface area contributed by atoms with Crippen LogP contribution in [0.5, 0.6) is 0 Å². The highest BCUT2D eigenvalue weighted by Crippen LogP contribution is 2.28. The van der Waals surface area contributed by atoms with Gasteiger partial charge in [0, 0.05) is 10.9 Å². The number of aryl methyl sites for hydroxylation is 1. The molecule has 2 nitrogen and oxygen atoms in total. The molecule has 74 valence electrons. The molecule has 0 saturated carbocycles. The number of hydrogen-bond acceptors (Lipinski definition) is 3. The van der Waals surface area contributed by atoms with Crippen molar-refractivity contribution in [2.75, 3.05) is 6.54 Å². The smallest absolute Gasteiger partial charge is 0.0418 e. The van der Waals surface area contributed by atoms with E-state index in [9.17, 15) is 0 Å². The van der Waals surface area contributed by atoms with E-state index < -0.39 is 0 Å². The summed E-state index contributed by atoms with van der Waals surface area (Å²) in [5.74, 6) is 0.474. The van der Waals surface area contributed by atoms with Crippen LogP contribution in [0, 0.1) is 12.8 Å². The molecule has 4 N–H and O–H groups in total. The molecule has 2 unspecified atom stereocenters. The maximum absolute atomic E-state index is 6.12. The van der Waals surface area contributed by atoms with Gasteiger partial charge in [0.15, 0.2) is 0 Å². The Morgan fingerprint density at radius 1 is 1.54 bits per heavy atom. The monoisotopic (exact) mass is 198 g/mol. The molecule has 0 spiro atoms. The van der Waals surface area contributed by atoms with Crippen molar-refractivity contribution >= 4 is 11.3 Å². The average molecular weight is 198 g/mol. The molecule has 1 rings (SSSR count). The Morgan fingerprint density at radius 3 is 2.69 bits per heavy atom. The average Bonchev–Trinajstić information content (AvgIpc) is 2.50. The van der Waals surface area contributed by atoms with Crippen molar-refractivity contribution in [3.05, 3.63) is 21.9 Å². The van der Waals surface area contributed by atoms with Gasteiger partial charge in [0.2, 0.25) is 0 Å². The number of hydrogen-bond donors (Lipinski definition) is 2. The molecular weight excluding hydrogens is 180 g/mol. The number of thiophene rings is 1. The molecule has 0 aliphatic rings. The summed E-state index contributed by atoms with van der Waals surface area (Å²) >= 11 is 1.75. The summed E-state index contributed by atoms with van der Waals surface area (Å²) < 4.78 is 0. The molecule has 0 bridgehead atoms. The first-order valence-electron chi connectivity index (χ1n) is 4.66. The maximum Gasteiger partial charge on any atom is 0.0418 e. The van der Waals surface area contributed by atoms with Crippen LogP contribution in [0.4, 0.5) is 0 Å². The van der Waals surface area contributed by atoms with Gasteiger partial charge in [-0.05, 0) is 42.8 Å². The highest BCUT2D eigenvalue weighted by Gasteiger charge is 2.16. The van der Waals surface area contributed by atoms with E-state index in [4.69, 9.17) is 11.5 Å². The molecule has 1 aromatic rings. The lowest BCUT2D eigenvalue weighted by Crippen LogP contribution is -2.21. The summed E-state index contributed by atoms with van der Waals surface area (Å²) in [6.07, 6.45) is 0.999. The van der Waals surface area contributed by atoms with E-state index in [-0.39, 0.29) is 6.04 Å². The second-order valence-electron chi connectivity index (χ2n) is 3.55. The third kappa shape index (κ3) is 2.53. The van der Waals surface area contributed by atoms with Gasteiger partial charge in [-0.1, -0.05) is 6.92 Å². The Labute approximate surface area is 83.9 Å². The van der Waals surface area contributed by atoms with Crippen molar-refractivity contribution in [1.82, 2.24) is 0 Å². The van der Waals surface area contributed by atoms with Crippen LogP contribution in [0.3, 0.4) is 0 Å². The Balaban J connectivity index is 2.67. The topological polar surface area (TPSA) is 52.0 Å². The fourth-order valence-electron chi connectivity index (χ4n) is 1.43. The Kier molecular flexibility index (Phi) is 3.90. The molecule has 0 aliphatic heterocycles. The van der Waals surface area contributed by atoms with Crippen molar-refractivity contribution < 1.29 is 0 Å². The highest BCUT2D eigenvalue weighted by atomic mass is 32.1. The van der Waals surface area contributed by atoms with Crippen LogP contribution in [0.25, 0.3) is 0 Å². The number of rotatable bonds is 4. The molecule has 0 radical (unpaired) electrons. The first kappa shape index (κ1) is 10.7. The summed E-state index contributed by atoms with van der Waals surface area (Å²) in [5, 5.41) is 2.10. The third-order valence-corrected chi connectivity index (χ3v) is 3.56. The Morgan fingerprint density at radius 2 is 2.23 bits per heavy atom. The molecule has 1 heterocycles. The van der Waals surface area contributed by atoms with Gasteiger partial charge in [-0.2, -0.15) is 0 Å². The Bertz CT molecular complexity index is 257. The zero-order valence-corrected chi connectivity index (χ0v) is 9.10. The van der Waals surface area contributed by atoms with Gasteiger partial charge < -0.3 is 11.5 Å². The normalized spacial score (nSPS) is 15.7. The minimum Gasteiger partial charge on any atom is -0.330 e. The van der Waals surface area contributed by atoms with E-state index >= 15 is 0 Å². The fraction of sp³-hybridized carbons (Fsp3) is 0.600. The van der Waals surface area contributed by atoms with E-state index in [1.54, 1.807) is 11.3 Å². The van der Waals surface area contributed by atoms with E-state index in [1.807, 2.05) is 0 Å². The minimum atomic E-state index is 0.156. The molecular formula is C10H18N2S. The van der Waals surface area contributed by atoms with Crippen molar-refractivity contribution in [1.29, 1.82) is 0 Å². The van der Waals surface area contributed by atoms with Crippen LogP contribution >= 0.6 is 11.3 Å². The third-order valence-electron chi connectivity index (χ3n) is 2.44. The van der Waals surface area contributed by atoms with Crippen LogP contribution < -0.4 is 11.5 Å². The fourth-order valence-corrected chi connectivity index (χ4v) is 2.49. The molecule has 3 heteroatoms. The predicted molar refractivity (Wildman–Crippen MR) is 58.8 cm³/mol. The Hall–Kier alpha value is -0.380. The van der Waals surface area contributed by atoms with Gasteiger partial charge in [-0.3, -0.25) is 0 Å². The predicted octanol–water partition coefficient (Wildman–Crippen LogP) is 2.04. The highest BCUT2D eigenvalue weighted by molar-refractivity contribution is 7.10. The zero-order valence-electron chi connectivity index (χ0n) is 8.29. The van der Waals surface area contributed by atoms with Crippen molar-refractivity contribution in [2.24, 2.45) is 17.4 Å². The van der Waals surface area contributed by atoms with Gasteiger partial charge in [-0.25, -0.2) is 0 Å². The standard InChI is InChI=1S/C10H18N2S/c1-7(3-5-11)9(12)10-8(2)4-6-13-10/h4,6-7,9H,3,5,11-12H2,1-2H3. The molecule has 0 amide bonds. The lowest BCUT2D eigenvalue weighted by atomic mass is 9.96. The van der Waals surface area contributed by atoms with Gasteiger partial charge in [-0.15, -0.1) is 11.3 Å². The minimum absolute atomic E-state index is 0.156. The molecule has 0 saturated heterocycles. The van der Waals surface area contributed by atoms with Crippen LogP contribution in [0.2, 0.25) is 0 Å². The van der Waals surface area contributed by atoms with Crippen LogP contribution in [0.1, 0.15) is 29.8 Å². The molecule has 2 atom stereocenters. The molecule has 0 aliphatic carbocycles. The molecule has 0 aromatic carbocycles. The SMILES string of the molecule is Cc1ccsc1C(N)C(C)CCN. The second-order valence-corrected chi connectivity index (χ2v) is 4.50. The van der Waals surface area contributed by atoms with Gasteiger partial charge >= 0.3 is 0 Å². The summed E-state index contributed by atoms with van der Waals surface area (Å²) in [6.45, 7) is 5.00. The summed E-state index contributed by atoms with van der Waals surface area (Å²) in [5.41, 5.74) is 12.9. The van der Waals surface area contributed by atoms with Crippen LogP contribution in [-0.2, 0) is 0 Å². The lowest BCUT2D eigenvalue weighted by molar-refractivity contribution is 0.448. The van der Waals surface area contributed by atoms with Gasteiger partial charge in [0.05, 0.1) is 0 Å². The van der Waals surface area contributed by atoms with Crippen molar-refractivity contribution in [2.45, 2.75) is 26.3 Å². The first-order chi connectivity index (χ1) is 6.16. The second kappa shape index (κ2) is 4.74. The zero-order chi connectivity index (χ0) is 9.84. The van der Waals surface area contributed by atoms with E-state index in [0.29, 0.717) is 5.92 Å². The van der Waals surface area contributed by atoms with Gasteiger partial charge in [0.1, 0.15) is 0 Å². The molecule has 0 fully saturated rings. The van der Waals surface area contributed by atoms with Crippen LogP contribution in [0.15, 0.2) is 11.4 Å². The van der Waals surface area contributed by atoms with Gasteiger partial charge in [0.25, 0.3) is 0 Å². The quantitative estimate of drug-likeness (QED) is 0.778. The number of nitrogens with two attached hydrogens (primary N) is 2. The molecule has 1 aromatic heterocycles. The van der Waals surface area contributed by atoms with Crippen molar-refractivity contribution in [3.8, 4) is 0 Å². The van der Waals surface area contributed by atoms with E-state index in [2.05, 4.69) is 25.3 Å². The van der Waals surface area contributed by atoms with Crippen molar-refractivity contribution in [3.63, 3.8) is 0 Å². The molecule has 13 heavy (non-hydrogen) atoms.